The van der Waals surface area contributed by atoms with E-state index in [1.807, 2.05) is 5.51 Å². The summed E-state index contributed by atoms with van der Waals surface area (Å²) in [4.78, 5) is 4.17. The van der Waals surface area contributed by atoms with Crippen LogP contribution in [0.25, 0.3) is 0 Å². The molecular formula is C7H10N2S. The molecule has 0 saturated heterocycles. The summed E-state index contributed by atoms with van der Waals surface area (Å²) < 4.78 is 0. The molecule has 0 aliphatic heterocycles. The number of aromatic nitrogens is 1. The zero-order chi connectivity index (χ0) is 6.81. The largest absolute Gasteiger partial charge is 0.308 e. The van der Waals surface area contributed by atoms with Gasteiger partial charge in [0.25, 0.3) is 0 Å². The molecule has 54 valence electrons. The van der Waals surface area contributed by atoms with Crippen molar-refractivity contribution in [1.29, 1.82) is 0 Å². The minimum absolute atomic E-state index is 0.793. The van der Waals surface area contributed by atoms with Gasteiger partial charge in [-0.2, -0.15) is 0 Å². The highest BCUT2D eigenvalue weighted by Crippen LogP contribution is 2.19. The van der Waals surface area contributed by atoms with Gasteiger partial charge in [-0.25, -0.2) is 4.98 Å². The molecule has 0 aromatic carbocycles. The first-order chi connectivity index (χ1) is 4.95. The zero-order valence-corrected chi connectivity index (χ0v) is 6.53. The summed E-state index contributed by atoms with van der Waals surface area (Å²) in [7, 11) is 0. The molecule has 2 rings (SSSR count). The number of nitrogens with one attached hydrogen (secondary N) is 1. The van der Waals surface area contributed by atoms with Crippen molar-refractivity contribution in [3.8, 4) is 0 Å². The van der Waals surface area contributed by atoms with Gasteiger partial charge in [0.15, 0.2) is 0 Å². The molecule has 2 nitrogen and oxygen atoms in total. The second-order valence-corrected chi connectivity index (χ2v) is 3.35. The van der Waals surface area contributed by atoms with E-state index < -0.39 is 0 Å². The molecule has 0 bridgehead atoms. The van der Waals surface area contributed by atoms with Crippen molar-refractivity contribution < 1.29 is 0 Å². The minimum atomic E-state index is 0.793. The van der Waals surface area contributed by atoms with E-state index in [1.54, 1.807) is 11.3 Å². The molecule has 1 heterocycles. The highest BCUT2D eigenvalue weighted by Gasteiger charge is 2.19. The van der Waals surface area contributed by atoms with Crippen LogP contribution >= 0.6 is 11.3 Å². The molecule has 3 heteroatoms. The van der Waals surface area contributed by atoms with Crippen molar-refractivity contribution >= 4 is 11.3 Å². The Morgan fingerprint density at radius 2 is 2.60 bits per heavy atom. The summed E-state index contributed by atoms with van der Waals surface area (Å²) in [6.07, 6.45) is 2.70. The summed E-state index contributed by atoms with van der Waals surface area (Å²) in [5.74, 6) is 0. The van der Waals surface area contributed by atoms with E-state index in [-0.39, 0.29) is 0 Å². The first kappa shape index (κ1) is 6.31. The lowest BCUT2D eigenvalue weighted by Gasteiger charge is -1.96. The van der Waals surface area contributed by atoms with Crippen LogP contribution in [0.3, 0.4) is 0 Å². The van der Waals surface area contributed by atoms with Gasteiger partial charge >= 0.3 is 0 Å². The lowest BCUT2D eigenvalue weighted by molar-refractivity contribution is 0.677. The lowest BCUT2D eigenvalue weighted by Crippen LogP contribution is -2.15. The molecule has 1 aromatic heterocycles. The summed E-state index contributed by atoms with van der Waals surface area (Å²) in [5, 5.41) is 5.50. The van der Waals surface area contributed by atoms with E-state index in [0.29, 0.717) is 0 Å². The minimum Gasteiger partial charge on any atom is -0.308 e. The van der Waals surface area contributed by atoms with Gasteiger partial charge in [-0.05, 0) is 12.8 Å². The number of nitrogens with zero attached hydrogens (tertiary/aromatic N) is 1. The van der Waals surface area contributed by atoms with Crippen LogP contribution in [-0.4, -0.2) is 11.0 Å². The van der Waals surface area contributed by atoms with E-state index in [0.717, 1.165) is 12.6 Å². The van der Waals surface area contributed by atoms with Crippen LogP contribution in [-0.2, 0) is 6.54 Å². The quantitative estimate of drug-likeness (QED) is 0.711. The van der Waals surface area contributed by atoms with Gasteiger partial charge in [-0.3, -0.25) is 0 Å². The Kier molecular flexibility index (Phi) is 1.69. The predicted octanol–water partition coefficient (Wildman–Crippen LogP) is 1.40. The van der Waals surface area contributed by atoms with Gasteiger partial charge in [0.2, 0.25) is 0 Å². The van der Waals surface area contributed by atoms with Crippen molar-refractivity contribution in [2.24, 2.45) is 0 Å². The Labute approximate surface area is 64.3 Å². The maximum atomic E-state index is 4.17. The third-order valence-corrected chi connectivity index (χ3v) is 2.27. The van der Waals surface area contributed by atoms with Gasteiger partial charge in [0, 0.05) is 18.0 Å². The van der Waals surface area contributed by atoms with Crippen molar-refractivity contribution in [1.82, 2.24) is 10.3 Å². The van der Waals surface area contributed by atoms with Crippen LogP contribution in [0, 0.1) is 0 Å². The molecule has 1 aromatic rings. The standard InChI is InChI=1S/C7H10N2S/c1-2-6(1)8-3-7-4-10-5-9-7/h4-6,8H,1-3H2. The fraction of sp³-hybridized carbons (Fsp3) is 0.571. The van der Waals surface area contributed by atoms with E-state index in [2.05, 4.69) is 15.7 Å². The van der Waals surface area contributed by atoms with Crippen LogP contribution in [0.2, 0.25) is 0 Å². The molecule has 0 atom stereocenters. The molecule has 1 aliphatic carbocycles. The molecule has 1 N–H and O–H groups in total. The molecule has 0 amide bonds. The monoisotopic (exact) mass is 154 g/mol. The Balaban J connectivity index is 1.79. The first-order valence-corrected chi connectivity index (χ1v) is 4.50. The molecule has 1 saturated carbocycles. The SMILES string of the molecule is c1nc(CNC2CC2)cs1. The Hall–Kier alpha value is -0.410. The molecule has 1 aliphatic rings. The van der Waals surface area contributed by atoms with E-state index >= 15 is 0 Å². The normalized spacial score (nSPS) is 17.6. The maximum absolute atomic E-state index is 4.17. The Morgan fingerprint density at radius 3 is 3.20 bits per heavy atom. The summed E-state index contributed by atoms with van der Waals surface area (Å²) >= 11 is 1.66. The number of thiazole rings is 1. The Morgan fingerprint density at radius 1 is 1.70 bits per heavy atom. The fourth-order valence-corrected chi connectivity index (χ4v) is 1.42. The number of hydrogen-bond acceptors (Lipinski definition) is 3. The van der Waals surface area contributed by atoms with Crippen LogP contribution in [0.5, 0.6) is 0 Å². The van der Waals surface area contributed by atoms with Crippen LogP contribution in [0.4, 0.5) is 0 Å². The van der Waals surface area contributed by atoms with E-state index in [4.69, 9.17) is 0 Å². The van der Waals surface area contributed by atoms with Crippen LogP contribution < -0.4 is 5.32 Å². The highest BCUT2D eigenvalue weighted by atomic mass is 32.1. The molecule has 0 radical (unpaired) electrons. The molecule has 0 spiro atoms. The molecule has 0 unspecified atom stereocenters. The number of hydrogen-bond donors (Lipinski definition) is 1. The third kappa shape index (κ3) is 1.55. The smallest absolute Gasteiger partial charge is 0.0795 e. The average molecular weight is 154 g/mol. The fourth-order valence-electron chi connectivity index (χ4n) is 0.861. The molecular weight excluding hydrogens is 144 g/mol. The zero-order valence-electron chi connectivity index (χ0n) is 5.71. The topological polar surface area (TPSA) is 24.9 Å². The molecule has 1 fully saturated rings. The van der Waals surface area contributed by atoms with Crippen molar-refractivity contribution in [3.63, 3.8) is 0 Å². The summed E-state index contributed by atoms with van der Waals surface area (Å²) in [6, 6.07) is 0.793. The predicted molar refractivity (Wildman–Crippen MR) is 42.0 cm³/mol. The average Bonchev–Trinajstić information content (AvgIpc) is 2.63. The van der Waals surface area contributed by atoms with Crippen molar-refractivity contribution in [2.75, 3.05) is 0 Å². The number of rotatable bonds is 3. The lowest BCUT2D eigenvalue weighted by atomic mass is 10.5. The highest BCUT2D eigenvalue weighted by molar-refractivity contribution is 7.07. The van der Waals surface area contributed by atoms with Crippen molar-refractivity contribution in [2.45, 2.75) is 25.4 Å². The first-order valence-electron chi connectivity index (χ1n) is 3.55. The third-order valence-electron chi connectivity index (χ3n) is 1.63. The second kappa shape index (κ2) is 2.68. The maximum Gasteiger partial charge on any atom is 0.0795 e. The van der Waals surface area contributed by atoms with Gasteiger partial charge < -0.3 is 5.32 Å². The van der Waals surface area contributed by atoms with Gasteiger partial charge in [0.1, 0.15) is 0 Å². The van der Waals surface area contributed by atoms with Gasteiger partial charge in [0.05, 0.1) is 11.2 Å². The van der Waals surface area contributed by atoms with Crippen LogP contribution in [0.1, 0.15) is 18.5 Å². The van der Waals surface area contributed by atoms with Gasteiger partial charge in [-0.1, -0.05) is 0 Å². The van der Waals surface area contributed by atoms with Crippen LogP contribution in [0.15, 0.2) is 10.9 Å². The van der Waals surface area contributed by atoms with E-state index in [9.17, 15) is 0 Å². The summed E-state index contributed by atoms with van der Waals surface area (Å²) in [5.41, 5.74) is 3.06. The van der Waals surface area contributed by atoms with E-state index in [1.165, 1.54) is 18.5 Å². The summed E-state index contributed by atoms with van der Waals surface area (Å²) in [6.45, 7) is 0.953. The van der Waals surface area contributed by atoms with Gasteiger partial charge in [-0.15, -0.1) is 11.3 Å². The van der Waals surface area contributed by atoms with Crippen molar-refractivity contribution in [3.05, 3.63) is 16.6 Å². The Bertz CT molecular complexity index is 191. The molecule has 10 heavy (non-hydrogen) atoms. The second-order valence-electron chi connectivity index (χ2n) is 2.63.